The summed E-state index contributed by atoms with van der Waals surface area (Å²) in [5.41, 5.74) is 0. The summed E-state index contributed by atoms with van der Waals surface area (Å²) < 4.78 is 5.15. The number of aldehydes is 1. The van der Waals surface area contributed by atoms with E-state index in [9.17, 15) is 4.79 Å². The van der Waals surface area contributed by atoms with Crippen LogP contribution in [0.3, 0.4) is 0 Å². The first-order chi connectivity index (χ1) is 4.91. The second kappa shape index (κ2) is 8.37. The Morgan fingerprint density at radius 2 is 2.10 bits per heavy atom. The zero-order valence-electron chi connectivity index (χ0n) is 6.21. The fourth-order valence-electron chi connectivity index (χ4n) is 0.537. The molecule has 0 fully saturated rings. The molecule has 0 N–H and O–H groups in total. The van der Waals surface area contributed by atoms with Crippen LogP contribution in [0.1, 0.15) is 19.3 Å². The van der Waals surface area contributed by atoms with Crippen molar-refractivity contribution in [2.45, 2.75) is 19.3 Å². The second-order valence-corrected chi connectivity index (χ2v) is 2.00. The van der Waals surface area contributed by atoms with Gasteiger partial charge in [0.1, 0.15) is 6.29 Å². The molecule has 0 saturated heterocycles. The number of hydrogen-bond acceptors (Lipinski definition) is 2. The van der Waals surface area contributed by atoms with Gasteiger partial charge in [-0.15, -0.1) is 6.58 Å². The molecule has 10 heavy (non-hydrogen) atoms. The fourth-order valence-corrected chi connectivity index (χ4v) is 0.537. The van der Waals surface area contributed by atoms with Gasteiger partial charge in [-0.05, 0) is 12.8 Å². The maximum absolute atomic E-state index is 9.82. The lowest BCUT2D eigenvalue weighted by molar-refractivity contribution is -0.108. The molecular weight excluding hydrogens is 128 g/mol. The predicted octanol–water partition coefficient (Wildman–Crippen LogP) is 1.56. The summed E-state index contributed by atoms with van der Waals surface area (Å²) in [6.07, 6.45) is 5.06. The first-order valence-corrected chi connectivity index (χ1v) is 3.54. The Morgan fingerprint density at radius 1 is 1.30 bits per heavy atom. The summed E-state index contributed by atoms with van der Waals surface area (Å²) in [7, 11) is 0. The number of carbonyl (C=O) groups is 1. The molecule has 0 rings (SSSR count). The quantitative estimate of drug-likeness (QED) is 0.306. The summed E-state index contributed by atoms with van der Waals surface area (Å²) in [6, 6.07) is 0. The van der Waals surface area contributed by atoms with E-state index in [1.807, 2.05) is 6.08 Å². The summed E-state index contributed by atoms with van der Waals surface area (Å²) in [5, 5.41) is 0. The van der Waals surface area contributed by atoms with Crippen molar-refractivity contribution < 1.29 is 9.53 Å². The van der Waals surface area contributed by atoms with E-state index < -0.39 is 0 Å². The molecule has 0 amide bonds. The number of carbonyl (C=O) groups excluding carboxylic acids is 1. The minimum atomic E-state index is 0.605. The molecule has 0 heterocycles. The molecule has 58 valence electrons. The molecule has 0 aromatic carbocycles. The summed E-state index contributed by atoms with van der Waals surface area (Å²) in [5.74, 6) is 0. The second-order valence-electron chi connectivity index (χ2n) is 2.00. The minimum absolute atomic E-state index is 0.605. The van der Waals surface area contributed by atoms with Crippen LogP contribution in [-0.4, -0.2) is 19.5 Å². The molecule has 0 aromatic rings. The lowest BCUT2D eigenvalue weighted by atomic mass is 10.3. The monoisotopic (exact) mass is 142 g/mol. The molecule has 0 aliphatic rings. The van der Waals surface area contributed by atoms with Gasteiger partial charge < -0.3 is 9.53 Å². The van der Waals surface area contributed by atoms with Gasteiger partial charge in [-0.2, -0.15) is 0 Å². The maximum atomic E-state index is 9.82. The third-order valence-electron chi connectivity index (χ3n) is 1.08. The zero-order valence-corrected chi connectivity index (χ0v) is 6.21. The van der Waals surface area contributed by atoms with Gasteiger partial charge in [0, 0.05) is 19.6 Å². The van der Waals surface area contributed by atoms with Crippen molar-refractivity contribution in [1.29, 1.82) is 0 Å². The zero-order chi connectivity index (χ0) is 7.66. The summed E-state index contributed by atoms with van der Waals surface area (Å²) in [4.78, 5) is 9.82. The lowest BCUT2D eigenvalue weighted by Gasteiger charge is -1.98. The molecule has 0 radical (unpaired) electrons. The highest BCUT2D eigenvalue weighted by molar-refractivity contribution is 5.48. The third kappa shape index (κ3) is 7.37. The van der Waals surface area contributed by atoms with E-state index >= 15 is 0 Å². The van der Waals surface area contributed by atoms with Gasteiger partial charge in [0.15, 0.2) is 0 Å². The van der Waals surface area contributed by atoms with Crippen molar-refractivity contribution in [3.63, 3.8) is 0 Å². The van der Waals surface area contributed by atoms with Crippen LogP contribution in [0.5, 0.6) is 0 Å². The molecule has 0 spiro atoms. The molecule has 0 bridgehead atoms. The highest BCUT2D eigenvalue weighted by atomic mass is 16.5. The van der Waals surface area contributed by atoms with Crippen molar-refractivity contribution in [3.8, 4) is 0 Å². The van der Waals surface area contributed by atoms with Gasteiger partial charge in [0.2, 0.25) is 0 Å². The maximum Gasteiger partial charge on any atom is 0.120 e. The first kappa shape index (κ1) is 9.37. The molecule has 0 atom stereocenters. The Morgan fingerprint density at radius 3 is 2.70 bits per heavy atom. The Kier molecular flexibility index (Phi) is 7.84. The van der Waals surface area contributed by atoms with Crippen LogP contribution >= 0.6 is 0 Å². The first-order valence-electron chi connectivity index (χ1n) is 3.54. The van der Waals surface area contributed by atoms with Crippen LogP contribution in [0.4, 0.5) is 0 Å². The van der Waals surface area contributed by atoms with Crippen LogP contribution in [0.2, 0.25) is 0 Å². The van der Waals surface area contributed by atoms with Crippen molar-refractivity contribution in [1.82, 2.24) is 0 Å². The Labute approximate surface area is 61.9 Å². The normalized spacial score (nSPS) is 9.20. The van der Waals surface area contributed by atoms with Gasteiger partial charge in [-0.3, -0.25) is 0 Å². The van der Waals surface area contributed by atoms with Crippen molar-refractivity contribution in [3.05, 3.63) is 12.7 Å². The average Bonchev–Trinajstić information content (AvgIpc) is 1.97. The molecule has 0 aliphatic heterocycles. The number of rotatable bonds is 7. The van der Waals surface area contributed by atoms with Crippen LogP contribution in [-0.2, 0) is 9.53 Å². The van der Waals surface area contributed by atoms with Crippen molar-refractivity contribution >= 4 is 6.29 Å². The standard InChI is InChI=1S/C8H14O2/c1-2-3-7-10-8-5-4-6-9/h2,6H,1,3-5,7-8H2. The van der Waals surface area contributed by atoms with E-state index in [0.717, 1.165) is 25.7 Å². The average molecular weight is 142 g/mol. The predicted molar refractivity (Wildman–Crippen MR) is 40.9 cm³/mol. The number of ether oxygens (including phenoxy) is 1. The molecular formula is C8H14O2. The lowest BCUT2D eigenvalue weighted by Crippen LogP contribution is -1.95. The van der Waals surface area contributed by atoms with E-state index in [4.69, 9.17) is 4.74 Å². The van der Waals surface area contributed by atoms with Gasteiger partial charge in [0.25, 0.3) is 0 Å². The SMILES string of the molecule is C=CCCOCCCC=O. The summed E-state index contributed by atoms with van der Waals surface area (Å²) in [6.45, 7) is 4.97. The van der Waals surface area contributed by atoms with Gasteiger partial charge in [-0.1, -0.05) is 6.08 Å². The Balaban J connectivity index is 2.76. The molecule has 2 nitrogen and oxygen atoms in total. The number of unbranched alkanes of at least 4 members (excludes halogenated alkanes) is 1. The van der Waals surface area contributed by atoms with Crippen LogP contribution in [0.25, 0.3) is 0 Å². The van der Waals surface area contributed by atoms with E-state index in [2.05, 4.69) is 6.58 Å². The molecule has 0 unspecified atom stereocenters. The van der Waals surface area contributed by atoms with E-state index in [-0.39, 0.29) is 0 Å². The highest BCUT2D eigenvalue weighted by Crippen LogP contribution is 1.88. The fraction of sp³-hybridized carbons (Fsp3) is 0.625. The Hall–Kier alpha value is -0.630. The molecule has 0 aromatic heterocycles. The van der Waals surface area contributed by atoms with E-state index in [1.165, 1.54) is 0 Å². The summed E-state index contributed by atoms with van der Waals surface area (Å²) >= 11 is 0. The minimum Gasteiger partial charge on any atom is -0.381 e. The Bertz CT molecular complexity index is 77.3. The van der Waals surface area contributed by atoms with E-state index in [0.29, 0.717) is 13.0 Å². The molecule has 0 saturated carbocycles. The van der Waals surface area contributed by atoms with Crippen molar-refractivity contribution in [2.24, 2.45) is 0 Å². The molecule has 0 aliphatic carbocycles. The highest BCUT2D eigenvalue weighted by Gasteiger charge is 1.85. The topological polar surface area (TPSA) is 26.3 Å². The van der Waals surface area contributed by atoms with Crippen LogP contribution in [0, 0.1) is 0 Å². The van der Waals surface area contributed by atoms with Crippen LogP contribution in [0.15, 0.2) is 12.7 Å². The van der Waals surface area contributed by atoms with Crippen LogP contribution < -0.4 is 0 Å². The van der Waals surface area contributed by atoms with E-state index in [1.54, 1.807) is 0 Å². The van der Waals surface area contributed by atoms with Gasteiger partial charge in [-0.25, -0.2) is 0 Å². The number of hydrogen-bond donors (Lipinski definition) is 0. The molecule has 2 heteroatoms. The van der Waals surface area contributed by atoms with Crippen molar-refractivity contribution in [2.75, 3.05) is 13.2 Å². The largest absolute Gasteiger partial charge is 0.381 e. The third-order valence-corrected chi connectivity index (χ3v) is 1.08. The van der Waals surface area contributed by atoms with Gasteiger partial charge in [0.05, 0.1) is 0 Å². The smallest absolute Gasteiger partial charge is 0.120 e. The van der Waals surface area contributed by atoms with Gasteiger partial charge >= 0.3 is 0 Å².